The van der Waals surface area contributed by atoms with Gasteiger partial charge in [0.05, 0.1) is 0 Å². The predicted molar refractivity (Wildman–Crippen MR) is 90.4 cm³/mol. The second kappa shape index (κ2) is 9.46. The molecule has 0 radical (unpaired) electrons. The van der Waals surface area contributed by atoms with Gasteiger partial charge < -0.3 is 15.3 Å². The molecule has 1 aromatic rings. The van der Waals surface area contributed by atoms with Crippen LogP contribution in [0.1, 0.15) is 38.5 Å². The van der Waals surface area contributed by atoms with Crippen molar-refractivity contribution in [1.29, 1.82) is 0 Å². The average molecular weight is 304 g/mol. The van der Waals surface area contributed by atoms with Crippen molar-refractivity contribution in [3.05, 3.63) is 30.3 Å². The van der Waals surface area contributed by atoms with Crippen LogP contribution in [-0.4, -0.2) is 37.3 Å². The Morgan fingerprint density at radius 2 is 1.73 bits per heavy atom. The van der Waals surface area contributed by atoms with E-state index in [4.69, 9.17) is 5.11 Å². The molecule has 1 heterocycles. The van der Waals surface area contributed by atoms with Crippen LogP contribution in [-0.2, 0) is 4.79 Å². The smallest absolute Gasteiger partial charge is 0.303 e. The van der Waals surface area contributed by atoms with Crippen LogP contribution in [0.15, 0.2) is 30.3 Å². The second-order valence-electron chi connectivity index (χ2n) is 6.17. The lowest BCUT2D eigenvalue weighted by molar-refractivity contribution is -0.138. The quantitative estimate of drug-likeness (QED) is 0.901. The minimum atomic E-state index is -0.632. The largest absolute Gasteiger partial charge is 0.481 e. The third kappa shape index (κ3) is 6.06. The monoisotopic (exact) mass is 304 g/mol. The normalized spacial score (nSPS) is 19.2. The first-order valence-corrected chi connectivity index (χ1v) is 8.48. The zero-order valence-electron chi connectivity index (χ0n) is 13.3. The van der Waals surface area contributed by atoms with Crippen molar-refractivity contribution in [3.8, 4) is 0 Å². The van der Waals surface area contributed by atoms with Gasteiger partial charge in [-0.25, -0.2) is 0 Å². The van der Waals surface area contributed by atoms with E-state index >= 15 is 0 Å². The lowest BCUT2D eigenvalue weighted by atomic mass is 9.87. The Labute approximate surface area is 133 Å². The van der Waals surface area contributed by atoms with E-state index in [1.807, 2.05) is 0 Å². The molecule has 1 aromatic carbocycles. The summed E-state index contributed by atoms with van der Waals surface area (Å²) in [5.41, 5.74) is 1.35. The van der Waals surface area contributed by atoms with Gasteiger partial charge in [0.25, 0.3) is 0 Å². The standard InChI is InChI=1S/C10H14N2.C8H14O2/c1-2-4-10(5-3-1)12-8-6-11-7-9-12;9-8(10)6-7-4-2-1-3-5-7/h1-5,11H,6-9H2;7H,1-6H2,(H,9,10). The van der Waals surface area contributed by atoms with Crippen LogP contribution < -0.4 is 10.2 Å². The van der Waals surface area contributed by atoms with Crippen molar-refractivity contribution >= 4 is 11.7 Å². The molecule has 2 aliphatic rings. The van der Waals surface area contributed by atoms with Crippen LogP contribution in [0, 0.1) is 5.92 Å². The Morgan fingerprint density at radius 1 is 1.09 bits per heavy atom. The summed E-state index contributed by atoms with van der Waals surface area (Å²) < 4.78 is 0. The molecule has 3 rings (SSSR count). The third-order valence-corrected chi connectivity index (χ3v) is 4.43. The Balaban J connectivity index is 0.000000164. The molecular weight excluding hydrogens is 276 g/mol. The molecule has 2 fully saturated rings. The summed E-state index contributed by atoms with van der Waals surface area (Å²) in [6.45, 7) is 4.47. The SMILES string of the molecule is O=C(O)CC1CCCCC1.c1ccc(N2CCNCC2)cc1. The van der Waals surface area contributed by atoms with Crippen LogP contribution >= 0.6 is 0 Å². The number of nitrogens with one attached hydrogen (secondary N) is 1. The molecule has 4 nitrogen and oxygen atoms in total. The van der Waals surface area contributed by atoms with Crippen LogP contribution in [0.5, 0.6) is 0 Å². The Kier molecular flexibility index (Phi) is 7.23. The molecule has 0 bridgehead atoms. The van der Waals surface area contributed by atoms with Crippen LogP contribution in [0.4, 0.5) is 5.69 Å². The van der Waals surface area contributed by atoms with Gasteiger partial charge in [-0.15, -0.1) is 0 Å². The van der Waals surface area contributed by atoms with E-state index in [0.29, 0.717) is 12.3 Å². The van der Waals surface area contributed by atoms with Gasteiger partial charge in [0, 0.05) is 38.3 Å². The second-order valence-corrected chi connectivity index (χ2v) is 6.17. The van der Waals surface area contributed by atoms with Gasteiger partial charge in [-0.3, -0.25) is 4.79 Å². The molecule has 0 spiro atoms. The molecule has 2 N–H and O–H groups in total. The van der Waals surface area contributed by atoms with E-state index in [1.165, 1.54) is 24.9 Å². The van der Waals surface area contributed by atoms with Gasteiger partial charge in [0.1, 0.15) is 0 Å². The van der Waals surface area contributed by atoms with E-state index < -0.39 is 5.97 Å². The number of carboxylic acids is 1. The number of nitrogens with zero attached hydrogens (tertiary/aromatic N) is 1. The Morgan fingerprint density at radius 3 is 2.32 bits per heavy atom. The first kappa shape index (κ1) is 16.8. The van der Waals surface area contributed by atoms with Crippen molar-refractivity contribution in [2.75, 3.05) is 31.1 Å². The highest BCUT2D eigenvalue weighted by molar-refractivity contribution is 5.67. The number of aliphatic carboxylic acids is 1. The summed E-state index contributed by atoms with van der Waals surface area (Å²) in [6, 6.07) is 10.6. The molecule has 1 saturated carbocycles. The van der Waals surface area contributed by atoms with Gasteiger partial charge in [-0.05, 0) is 30.9 Å². The maximum atomic E-state index is 10.3. The fourth-order valence-corrected chi connectivity index (χ4v) is 3.20. The molecule has 1 aliphatic heterocycles. The number of para-hydroxylation sites is 1. The van der Waals surface area contributed by atoms with E-state index in [9.17, 15) is 4.79 Å². The summed E-state index contributed by atoms with van der Waals surface area (Å²) in [7, 11) is 0. The highest BCUT2D eigenvalue weighted by Crippen LogP contribution is 2.25. The highest BCUT2D eigenvalue weighted by Gasteiger charge is 2.15. The first-order chi connectivity index (χ1) is 10.8. The van der Waals surface area contributed by atoms with E-state index in [0.717, 1.165) is 39.0 Å². The molecule has 0 amide bonds. The molecular formula is C18H28N2O2. The van der Waals surface area contributed by atoms with E-state index in [-0.39, 0.29) is 0 Å². The van der Waals surface area contributed by atoms with Gasteiger partial charge >= 0.3 is 5.97 Å². The van der Waals surface area contributed by atoms with E-state index in [1.54, 1.807) is 0 Å². The van der Waals surface area contributed by atoms with Crippen molar-refractivity contribution in [1.82, 2.24) is 5.32 Å². The molecule has 0 aromatic heterocycles. The lowest BCUT2D eigenvalue weighted by Gasteiger charge is -2.29. The molecule has 0 unspecified atom stereocenters. The van der Waals surface area contributed by atoms with Crippen LogP contribution in [0.2, 0.25) is 0 Å². The number of anilines is 1. The minimum absolute atomic E-state index is 0.389. The predicted octanol–water partition coefficient (Wildman–Crippen LogP) is 3.14. The summed E-state index contributed by atoms with van der Waals surface area (Å²) in [6.07, 6.45) is 6.42. The van der Waals surface area contributed by atoms with Gasteiger partial charge in [0.15, 0.2) is 0 Å². The fraction of sp³-hybridized carbons (Fsp3) is 0.611. The summed E-state index contributed by atoms with van der Waals surface area (Å²) in [4.78, 5) is 12.7. The Bertz CT molecular complexity index is 424. The highest BCUT2D eigenvalue weighted by atomic mass is 16.4. The van der Waals surface area contributed by atoms with Gasteiger partial charge in [0.2, 0.25) is 0 Å². The minimum Gasteiger partial charge on any atom is -0.481 e. The molecule has 4 heteroatoms. The van der Waals surface area contributed by atoms with Crippen molar-refractivity contribution < 1.29 is 9.90 Å². The summed E-state index contributed by atoms with van der Waals surface area (Å²) in [5, 5.41) is 11.8. The van der Waals surface area contributed by atoms with Gasteiger partial charge in [-0.1, -0.05) is 37.5 Å². The first-order valence-electron chi connectivity index (χ1n) is 8.48. The number of hydrogen-bond donors (Lipinski definition) is 2. The molecule has 0 atom stereocenters. The molecule has 1 aliphatic carbocycles. The van der Waals surface area contributed by atoms with Crippen molar-refractivity contribution in [2.45, 2.75) is 38.5 Å². The van der Waals surface area contributed by atoms with Gasteiger partial charge in [-0.2, -0.15) is 0 Å². The van der Waals surface area contributed by atoms with Crippen LogP contribution in [0.25, 0.3) is 0 Å². The maximum absolute atomic E-state index is 10.3. The maximum Gasteiger partial charge on any atom is 0.303 e. The lowest BCUT2D eigenvalue weighted by Crippen LogP contribution is -2.43. The molecule has 122 valence electrons. The summed E-state index contributed by atoms with van der Waals surface area (Å²) in [5.74, 6) is -0.154. The fourth-order valence-electron chi connectivity index (χ4n) is 3.20. The average Bonchev–Trinajstić information content (AvgIpc) is 2.57. The zero-order valence-corrected chi connectivity index (χ0v) is 13.3. The Hall–Kier alpha value is -1.55. The number of hydrogen-bond acceptors (Lipinski definition) is 3. The number of piperazine rings is 1. The van der Waals surface area contributed by atoms with Crippen molar-refractivity contribution in [3.63, 3.8) is 0 Å². The van der Waals surface area contributed by atoms with Crippen LogP contribution in [0.3, 0.4) is 0 Å². The third-order valence-electron chi connectivity index (χ3n) is 4.43. The van der Waals surface area contributed by atoms with Crippen molar-refractivity contribution in [2.24, 2.45) is 5.92 Å². The number of carboxylic acid groups (broad SMARTS) is 1. The number of rotatable bonds is 3. The number of carbonyl (C=O) groups is 1. The summed E-state index contributed by atoms with van der Waals surface area (Å²) >= 11 is 0. The number of benzene rings is 1. The molecule has 1 saturated heterocycles. The zero-order chi connectivity index (χ0) is 15.6. The van der Waals surface area contributed by atoms with E-state index in [2.05, 4.69) is 40.5 Å². The molecule has 22 heavy (non-hydrogen) atoms. The topological polar surface area (TPSA) is 52.6 Å².